The number of nitrogens with zero attached hydrogens (tertiary/aromatic N) is 1. The predicted molar refractivity (Wildman–Crippen MR) is 117 cm³/mol. The van der Waals surface area contributed by atoms with Crippen molar-refractivity contribution in [2.75, 3.05) is 18.1 Å². The summed E-state index contributed by atoms with van der Waals surface area (Å²) in [7, 11) is -3.14. The number of ether oxygens (including phenoxy) is 1. The van der Waals surface area contributed by atoms with E-state index in [2.05, 4.69) is 0 Å². The van der Waals surface area contributed by atoms with Gasteiger partial charge in [-0.05, 0) is 50.5 Å². The summed E-state index contributed by atoms with van der Waals surface area (Å²) in [6.07, 6.45) is 4.76. The van der Waals surface area contributed by atoms with Crippen molar-refractivity contribution in [3.63, 3.8) is 0 Å². The van der Waals surface area contributed by atoms with Gasteiger partial charge >= 0.3 is 0 Å². The van der Waals surface area contributed by atoms with Gasteiger partial charge in [-0.15, -0.1) is 0 Å². The van der Waals surface area contributed by atoms with Crippen molar-refractivity contribution in [1.29, 1.82) is 0 Å². The molecule has 9 heteroatoms. The second-order valence-electron chi connectivity index (χ2n) is 7.30. The summed E-state index contributed by atoms with van der Waals surface area (Å²) < 4.78 is 29.8. The van der Waals surface area contributed by atoms with E-state index in [-0.39, 0.29) is 23.5 Å². The van der Waals surface area contributed by atoms with E-state index < -0.39 is 15.9 Å². The van der Waals surface area contributed by atoms with Gasteiger partial charge in [0.25, 0.3) is 5.91 Å². The Kier molecular flexibility index (Phi) is 7.20. The van der Waals surface area contributed by atoms with Crippen LogP contribution >= 0.6 is 34.8 Å². The lowest BCUT2D eigenvalue weighted by Gasteiger charge is -2.32. The number of rotatable bonds is 6. The Morgan fingerprint density at radius 3 is 2.59 bits per heavy atom. The maximum atomic E-state index is 13.2. The number of hydrogen-bond donors (Lipinski definition) is 0. The monoisotopic (exact) mass is 477 g/mol. The Balaban J connectivity index is 1.79. The lowest BCUT2D eigenvalue weighted by atomic mass is 10.0. The molecule has 1 fully saturated rings. The van der Waals surface area contributed by atoms with Crippen LogP contribution in [-0.2, 0) is 14.6 Å². The molecule has 0 saturated carbocycles. The van der Waals surface area contributed by atoms with E-state index >= 15 is 0 Å². The fraction of sp³-hybridized carbons (Fsp3) is 0.450. The molecule has 1 aliphatic carbocycles. The quantitative estimate of drug-likeness (QED) is 0.598. The van der Waals surface area contributed by atoms with Crippen LogP contribution in [-0.4, -0.2) is 49.4 Å². The Labute approximate surface area is 186 Å². The molecule has 0 unspecified atom stereocenters. The molecule has 5 nitrogen and oxygen atoms in total. The fourth-order valence-electron chi connectivity index (χ4n) is 3.46. The van der Waals surface area contributed by atoms with E-state index in [1.165, 1.54) is 0 Å². The topological polar surface area (TPSA) is 63.7 Å². The lowest BCUT2D eigenvalue weighted by molar-refractivity contribution is -0.139. The molecule has 2 atom stereocenters. The molecule has 0 bridgehead atoms. The van der Waals surface area contributed by atoms with E-state index in [1.807, 2.05) is 12.2 Å². The van der Waals surface area contributed by atoms with Crippen molar-refractivity contribution in [2.24, 2.45) is 0 Å². The smallest absolute Gasteiger partial charge is 0.263 e. The third kappa shape index (κ3) is 5.91. The number of benzene rings is 1. The van der Waals surface area contributed by atoms with Crippen molar-refractivity contribution >= 4 is 50.5 Å². The number of sulfone groups is 1. The zero-order valence-electron chi connectivity index (χ0n) is 15.9. The number of hydrogen-bond acceptors (Lipinski definition) is 4. The van der Waals surface area contributed by atoms with Crippen LogP contribution < -0.4 is 4.74 Å². The van der Waals surface area contributed by atoms with Crippen molar-refractivity contribution in [3.8, 4) is 5.75 Å². The zero-order chi connectivity index (χ0) is 21.2. The molecule has 1 aliphatic heterocycles. The molecule has 3 rings (SSSR count). The van der Waals surface area contributed by atoms with Crippen LogP contribution in [0.5, 0.6) is 5.75 Å². The van der Waals surface area contributed by atoms with Crippen LogP contribution in [0.3, 0.4) is 0 Å². The lowest BCUT2D eigenvalue weighted by Crippen LogP contribution is -2.48. The molecule has 2 aliphatic rings. The van der Waals surface area contributed by atoms with Crippen LogP contribution in [0, 0.1) is 0 Å². The Hall–Kier alpha value is -1.21. The number of halogens is 3. The van der Waals surface area contributed by atoms with Gasteiger partial charge in [0.2, 0.25) is 0 Å². The van der Waals surface area contributed by atoms with E-state index in [0.717, 1.165) is 17.0 Å². The highest BCUT2D eigenvalue weighted by Gasteiger charge is 2.37. The molecule has 158 valence electrons. The van der Waals surface area contributed by atoms with Gasteiger partial charge in [-0.25, -0.2) is 8.42 Å². The summed E-state index contributed by atoms with van der Waals surface area (Å²) in [6, 6.07) is 4.40. The van der Waals surface area contributed by atoms with Crippen LogP contribution in [0.4, 0.5) is 0 Å². The summed E-state index contributed by atoms with van der Waals surface area (Å²) in [6.45, 7) is 1.98. The number of carbonyl (C=O) groups is 1. The normalized spacial score (nSPS) is 21.9. The van der Waals surface area contributed by atoms with E-state index in [1.54, 1.807) is 30.0 Å². The Bertz CT molecular complexity index is 958. The molecule has 0 spiro atoms. The van der Waals surface area contributed by atoms with E-state index in [0.29, 0.717) is 35.2 Å². The van der Waals surface area contributed by atoms with E-state index in [9.17, 15) is 13.2 Å². The molecule has 0 aromatic heterocycles. The van der Waals surface area contributed by atoms with E-state index in [4.69, 9.17) is 39.5 Å². The van der Waals surface area contributed by atoms with Crippen LogP contribution in [0.2, 0.25) is 10.0 Å². The summed E-state index contributed by atoms with van der Waals surface area (Å²) >= 11 is 18.1. The zero-order valence-corrected chi connectivity index (χ0v) is 19.0. The van der Waals surface area contributed by atoms with Gasteiger partial charge in [0.15, 0.2) is 15.9 Å². The molecular formula is C20H22Cl3NO4S. The fourth-order valence-corrected chi connectivity index (χ4v) is 5.80. The second kappa shape index (κ2) is 9.29. The molecule has 29 heavy (non-hydrogen) atoms. The molecule has 0 N–H and O–H groups in total. The van der Waals surface area contributed by atoms with Gasteiger partial charge in [0.05, 0.1) is 16.5 Å². The second-order valence-corrected chi connectivity index (χ2v) is 10.9. The van der Waals surface area contributed by atoms with Crippen LogP contribution in [0.25, 0.3) is 0 Å². The first kappa shape index (κ1) is 22.5. The first-order chi connectivity index (χ1) is 13.6. The first-order valence-corrected chi connectivity index (χ1v) is 12.3. The Morgan fingerprint density at radius 2 is 2.00 bits per heavy atom. The number of amides is 1. The summed E-state index contributed by atoms with van der Waals surface area (Å²) in [5.74, 6) is 0.129. The third-order valence-corrected chi connectivity index (χ3v) is 7.63. The van der Waals surface area contributed by atoms with Crippen LogP contribution in [0.15, 0.2) is 41.0 Å². The highest BCUT2D eigenvalue weighted by atomic mass is 35.5. The van der Waals surface area contributed by atoms with Gasteiger partial charge in [-0.2, -0.15) is 0 Å². The van der Waals surface area contributed by atoms with Crippen LogP contribution in [0.1, 0.15) is 26.2 Å². The van der Waals surface area contributed by atoms with Crippen molar-refractivity contribution in [2.45, 2.75) is 38.3 Å². The third-order valence-electron chi connectivity index (χ3n) is 5.04. The van der Waals surface area contributed by atoms with Gasteiger partial charge in [-0.1, -0.05) is 46.5 Å². The Morgan fingerprint density at radius 1 is 1.24 bits per heavy atom. The van der Waals surface area contributed by atoms with Gasteiger partial charge in [0, 0.05) is 22.6 Å². The minimum Gasteiger partial charge on any atom is -0.479 e. The predicted octanol–water partition coefficient (Wildman–Crippen LogP) is 4.62. The summed E-state index contributed by atoms with van der Waals surface area (Å²) in [5, 5.41) is 1.54. The molecular weight excluding hydrogens is 457 g/mol. The standard InChI is InChI=1S/C20H22Cl3NO4S/c1-13(28-19-7-6-16(22)10-18(19)23)20(25)24(17-8-9-29(26,27)12-17)11-14-2-4-15(21)5-3-14/h2,4,6-7,10,13,17H,3,5,8-9,11-12H2,1H3/t13-,17+/m0/s1. The van der Waals surface area contributed by atoms with Crippen molar-refractivity contribution in [3.05, 3.63) is 51.0 Å². The molecule has 0 radical (unpaired) electrons. The minimum absolute atomic E-state index is 0.0307. The molecule has 1 aromatic carbocycles. The summed E-state index contributed by atoms with van der Waals surface area (Å²) in [5.41, 5.74) is 1.03. The van der Waals surface area contributed by atoms with Crippen molar-refractivity contribution < 1.29 is 17.9 Å². The number of carbonyl (C=O) groups excluding carboxylic acids is 1. The average molecular weight is 479 g/mol. The molecule has 1 amide bonds. The van der Waals surface area contributed by atoms with Crippen molar-refractivity contribution in [1.82, 2.24) is 4.90 Å². The SMILES string of the molecule is C[C@H](Oc1ccc(Cl)cc1Cl)C(=O)N(CC1=CC=C(Cl)CC1)[C@@H]1CCS(=O)(=O)C1. The maximum absolute atomic E-state index is 13.2. The molecule has 1 heterocycles. The maximum Gasteiger partial charge on any atom is 0.263 e. The van der Waals surface area contributed by atoms with Gasteiger partial charge < -0.3 is 9.64 Å². The molecule has 1 aromatic rings. The number of allylic oxidation sites excluding steroid dienone is 3. The molecule has 1 saturated heterocycles. The average Bonchev–Trinajstić information content (AvgIpc) is 3.02. The summed E-state index contributed by atoms with van der Waals surface area (Å²) in [4.78, 5) is 14.9. The highest BCUT2D eigenvalue weighted by molar-refractivity contribution is 7.91. The largest absolute Gasteiger partial charge is 0.479 e. The van der Waals surface area contributed by atoms with Gasteiger partial charge in [0.1, 0.15) is 5.75 Å². The van der Waals surface area contributed by atoms with Gasteiger partial charge in [-0.3, -0.25) is 4.79 Å². The highest BCUT2D eigenvalue weighted by Crippen LogP contribution is 2.30. The first-order valence-electron chi connectivity index (χ1n) is 9.31. The minimum atomic E-state index is -3.14.